The van der Waals surface area contributed by atoms with Crippen LogP contribution in [0.15, 0.2) is 80.6 Å². The van der Waals surface area contributed by atoms with Crippen molar-refractivity contribution in [3.05, 3.63) is 115 Å². The first-order chi connectivity index (χ1) is 21.4. The summed E-state index contributed by atoms with van der Waals surface area (Å²) < 4.78 is 69.4. The van der Waals surface area contributed by atoms with Crippen LogP contribution in [0.3, 0.4) is 0 Å². The maximum absolute atomic E-state index is 14.1. The van der Waals surface area contributed by atoms with Crippen molar-refractivity contribution in [1.82, 2.24) is 29.1 Å². The summed E-state index contributed by atoms with van der Waals surface area (Å²) in [7, 11) is -1.59. The third-order valence-electron chi connectivity index (χ3n) is 6.13. The molecule has 0 aliphatic rings. The SMILES string of the molecule is CS(=O)c1nc(Cl)c2ccc(=O)n(-c3c(F)cccc3F)c2n1.CSc1nc(Cl)c2ccc(=O)n(-c3c(F)cccc3F)c2n1. The first-order valence-corrected chi connectivity index (χ1v) is 15.9. The molecular weight excluding hydrogens is 679 g/mol. The minimum absolute atomic E-state index is 0.0563. The molecule has 0 N–H and O–H groups in total. The van der Waals surface area contributed by atoms with Crippen LogP contribution in [0.1, 0.15) is 0 Å². The lowest BCUT2D eigenvalue weighted by molar-refractivity contribution is 0.568. The maximum Gasteiger partial charge on any atom is 0.256 e. The van der Waals surface area contributed by atoms with Crippen molar-refractivity contribution in [3.8, 4) is 11.4 Å². The Labute approximate surface area is 267 Å². The molecule has 0 aliphatic heterocycles. The van der Waals surface area contributed by atoms with Crippen LogP contribution < -0.4 is 11.1 Å². The molecule has 0 aliphatic carbocycles. The van der Waals surface area contributed by atoms with Crippen LogP contribution >= 0.6 is 35.0 Å². The molecule has 4 heterocycles. The van der Waals surface area contributed by atoms with Crippen molar-refractivity contribution in [3.63, 3.8) is 0 Å². The lowest BCUT2D eigenvalue weighted by Gasteiger charge is -2.12. The summed E-state index contributed by atoms with van der Waals surface area (Å²) in [4.78, 5) is 40.4. The van der Waals surface area contributed by atoms with Gasteiger partial charge in [-0.3, -0.25) is 22.9 Å². The molecule has 45 heavy (non-hydrogen) atoms. The van der Waals surface area contributed by atoms with Gasteiger partial charge < -0.3 is 0 Å². The second kappa shape index (κ2) is 13.0. The summed E-state index contributed by atoms with van der Waals surface area (Å²) in [5.74, 6) is -3.60. The van der Waals surface area contributed by atoms with Crippen molar-refractivity contribution in [2.24, 2.45) is 0 Å². The highest BCUT2D eigenvalue weighted by molar-refractivity contribution is 7.98. The average molecular weight is 696 g/mol. The molecule has 2 aromatic carbocycles. The zero-order valence-corrected chi connectivity index (χ0v) is 25.9. The van der Waals surface area contributed by atoms with E-state index in [1.165, 1.54) is 48.3 Å². The molecule has 6 aromatic rings. The smallest absolute Gasteiger partial charge is 0.256 e. The summed E-state index contributed by atoms with van der Waals surface area (Å²) in [6.07, 6.45) is 3.05. The Morgan fingerprint density at radius 1 is 0.667 bits per heavy atom. The van der Waals surface area contributed by atoms with E-state index >= 15 is 0 Å². The number of benzene rings is 2. The molecule has 17 heteroatoms. The number of nitrogens with zero attached hydrogens (tertiary/aromatic N) is 6. The molecule has 0 saturated carbocycles. The van der Waals surface area contributed by atoms with Gasteiger partial charge >= 0.3 is 0 Å². The Morgan fingerprint density at radius 2 is 1.09 bits per heavy atom. The number of rotatable bonds is 4. The van der Waals surface area contributed by atoms with Gasteiger partial charge in [-0.15, -0.1) is 0 Å². The van der Waals surface area contributed by atoms with Crippen LogP contribution in [0.5, 0.6) is 0 Å². The number of pyridine rings is 2. The van der Waals surface area contributed by atoms with E-state index in [0.717, 1.165) is 39.5 Å². The van der Waals surface area contributed by atoms with Crippen LogP contribution in [0.4, 0.5) is 17.6 Å². The maximum atomic E-state index is 14.1. The third kappa shape index (κ3) is 6.20. The van der Waals surface area contributed by atoms with E-state index in [2.05, 4.69) is 19.9 Å². The molecule has 1 atom stereocenters. The molecule has 4 aromatic heterocycles. The highest BCUT2D eigenvalue weighted by Gasteiger charge is 2.20. The first-order valence-electron chi connectivity index (χ1n) is 12.4. The van der Waals surface area contributed by atoms with Crippen LogP contribution in [0.2, 0.25) is 10.3 Å². The monoisotopic (exact) mass is 694 g/mol. The number of fused-ring (bicyclic) bond motifs is 2. The Bertz CT molecular complexity index is 2250. The quantitative estimate of drug-likeness (QED) is 0.0973. The number of hydrogen-bond acceptors (Lipinski definition) is 8. The van der Waals surface area contributed by atoms with Gasteiger partial charge in [0.2, 0.25) is 5.16 Å². The Balaban J connectivity index is 0.000000178. The van der Waals surface area contributed by atoms with Crippen molar-refractivity contribution in [1.29, 1.82) is 0 Å². The molecular formula is C28H16Cl2F4N6O3S2. The van der Waals surface area contributed by atoms with Gasteiger partial charge in [-0.1, -0.05) is 47.1 Å². The van der Waals surface area contributed by atoms with E-state index in [-0.39, 0.29) is 32.1 Å². The lowest BCUT2D eigenvalue weighted by atomic mass is 10.2. The third-order valence-corrected chi connectivity index (χ3v) is 7.95. The number of thioether (sulfide) groups is 1. The van der Waals surface area contributed by atoms with Gasteiger partial charge in [0.1, 0.15) is 44.9 Å². The van der Waals surface area contributed by atoms with Gasteiger partial charge in [0.15, 0.2) is 16.5 Å². The summed E-state index contributed by atoms with van der Waals surface area (Å²) >= 11 is 13.3. The van der Waals surface area contributed by atoms with Crippen LogP contribution in [-0.2, 0) is 10.8 Å². The molecule has 0 spiro atoms. The fourth-order valence-electron chi connectivity index (χ4n) is 4.18. The van der Waals surface area contributed by atoms with E-state index in [1.54, 1.807) is 6.26 Å². The minimum Gasteiger partial charge on any atom is -0.269 e. The highest BCUT2D eigenvalue weighted by atomic mass is 35.5. The molecule has 0 radical (unpaired) electrons. The summed E-state index contributed by atoms with van der Waals surface area (Å²) in [5.41, 5.74) is -2.44. The van der Waals surface area contributed by atoms with Gasteiger partial charge in [-0.05, 0) is 42.7 Å². The Kier molecular flexibility index (Phi) is 9.34. The molecule has 0 saturated heterocycles. The van der Waals surface area contributed by atoms with Gasteiger partial charge in [0.05, 0.1) is 21.6 Å². The topological polar surface area (TPSA) is 113 Å². The number of para-hydroxylation sites is 2. The number of hydrogen-bond donors (Lipinski definition) is 0. The first kappa shape index (κ1) is 32.2. The predicted octanol–water partition coefficient (Wildman–Crippen LogP) is 5.88. The zero-order valence-electron chi connectivity index (χ0n) is 22.8. The van der Waals surface area contributed by atoms with Crippen molar-refractivity contribution in [2.45, 2.75) is 10.3 Å². The minimum atomic E-state index is -1.59. The number of halogens is 6. The van der Waals surface area contributed by atoms with E-state index in [0.29, 0.717) is 10.5 Å². The average Bonchev–Trinajstić information content (AvgIpc) is 2.99. The molecule has 0 bridgehead atoms. The molecule has 9 nitrogen and oxygen atoms in total. The van der Waals surface area contributed by atoms with Crippen LogP contribution in [0.25, 0.3) is 33.4 Å². The van der Waals surface area contributed by atoms with E-state index in [1.807, 2.05) is 0 Å². The van der Waals surface area contributed by atoms with Crippen molar-refractivity contribution < 1.29 is 21.8 Å². The van der Waals surface area contributed by atoms with Gasteiger partial charge in [0.25, 0.3) is 11.1 Å². The molecule has 1 unspecified atom stereocenters. The lowest BCUT2D eigenvalue weighted by Crippen LogP contribution is -2.21. The largest absolute Gasteiger partial charge is 0.269 e. The summed E-state index contributed by atoms with van der Waals surface area (Å²) in [6.45, 7) is 0. The molecule has 6 rings (SSSR count). The fourth-order valence-corrected chi connectivity index (χ4v) is 5.53. The van der Waals surface area contributed by atoms with E-state index in [4.69, 9.17) is 23.2 Å². The second-order valence-corrected chi connectivity index (χ2v) is 11.6. The summed E-state index contributed by atoms with van der Waals surface area (Å²) in [5, 5.41) is 0.752. The van der Waals surface area contributed by atoms with Crippen LogP contribution in [0, 0.1) is 23.3 Å². The highest BCUT2D eigenvalue weighted by Crippen LogP contribution is 2.27. The van der Waals surface area contributed by atoms with Crippen LogP contribution in [-0.4, -0.2) is 45.8 Å². The van der Waals surface area contributed by atoms with E-state index < -0.39 is 56.6 Å². The standard InChI is InChI=1S/C14H8ClF2N3O2S.C14H8ClF2N3OS/c1-23(22)14-18-12(15)7-5-6-10(21)20(13(7)19-14)11-8(16)3-2-4-9(11)17;1-22-14-18-12(15)7-5-6-10(21)20(13(7)19-14)11-8(16)3-2-4-9(11)17/h2-6H,1H3;2-6H,1H3. The van der Waals surface area contributed by atoms with Gasteiger partial charge in [-0.25, -0.2) is 37.5 Å². The molecule has 230 valence electrons. The van der Waals surface area contributed by atoms with Gasteiger partial charge in [-0.2, -0.15) is 0 Å². The zero-order chi connectivity index (χ0) is 32.6. The molecule has 0 amide bonds. The normalized spacial score (nSPS) is 11.8. The fraction of sp³-hybridized carbons (Fsp3) is 0.0714. The van der Waals surface area contributed by atoms with E-state index in [9.17, 15) is 31.4 Å². The summed E-state index contributed by atoms with van der Waals surface area (Å²) in [6, 6.07) is 11.6. The molecule has 0 fully saturated rings. The second-order valence-electron chi connectivity index (χ2n) is 8.88. The Morgan fingerprint density at radius 3 is 1.51 bits per heavy atom. The van der Waals surface area contributed by atoms with Crippen molar-refractivity contribution in [2.75, 3.05) is 12.5 Å². The number of aromatic nitrogens is 6. The van der Waals surface area contributed by atoms with Crippen molar-refractivity contribution >= 4 is 67.8 Å². The predicted molar refractivity (Wildman–Crippen MR) is 164 cm³/mol. The van der Waals surface area contributed by atoms with Gasteiger partial charge in [0, 0.05) is 18.4 Å². The Hall–Kier alpha value is -4.18.